The number of ether oxygens (including phenoxy) is 3. The summed E-state index contributed by atoms with van der Waals surface area (Å²) in [7, 11) is 18.7. The summed E-state index contributed by atoms with van der Waals surface area (Å²) >= 11 is 3.17. The molecule has 132 heavy (non-hydrogen) atoms. The van der Waals surface area contributed by atoms with Crippen LogP contribution < -0.4 is 22.1 Å². The number of pyridine rings is 3. The Balaban J connectivity index is 0.000000232. The van der Waals surface area contributed by atoms with Crippen molar-refractivity contribution in [1.82, 2.24) is 118 Å². The maximum atomic E-state index is 11.8. The fourth-order valence-corrected chi connectivity index (χ4v) is 16.1. The van der Waals surface area contributed by atoms with Crippen LogP contribution in [0.5, 0.6) is 0 Å². The first-order valence-electron chi connectivity index (χ1n) is 42.4. The number of likely N-dealkylation sites (N-methyl/N-ethyl adjacent to an activating group) is 7. The molecule has 17 heterocycles. The van der Waals surface area contributed by atoms with E-state index in [1.165, 1.54) is 52.8 Å². The Labute approximate surface area is 792 Å². The van der Waals surface area contributed by atoms with E-state index in [2.05, 4.69) is 159 Å². The number of rotatable bonds is 16. The quantitative estimate of drug-likeness (QED) is 0.0131. The summed E-state index contributed by atoms with van der Waals surface area (Å²) in [6.45, 7) is 27.4. The van der Waals surface area contributed by atoms with E-state index < -0.39 is 16.9 Å². The smallest absolute Gasteiger partial charge is 0.340 e. The molecule has 7 fully saturated rings. The van der Waals surface area contributed by atoms with Crippen molar-refractivity contribution in [2.75, 3.05) is 184 Å². The van der Waals surface area contributed by atoms with E-state index in [9.17, 15) is 44.7 Å². The summed E-state index contributed by atoms with van der Waals surface area (Å²) in [5, 5.41) is 78.7. The van der Waals surface area contributed by atoms with Gasteiger partial charge >= 0.3 is 35.0 Å². The van der Waals surface area contributed by atoms with Crippen LogP contribution in [0.15, 0.2) is 103 Å². The second kappa shape index (κ2) is 52.1. The summed E-state index contributed by atoms with van der Waals surface area (Å²) in [6.07, 6.45) is 28.5. The summed E-state index contributed by atoms with van der Waals surface area (Å²) < 4.78 is 26.4. The Hall–Kier alpha value is -11.4. The zero-order chi connectivity index (χ0) is 94.0. The van der Waals surface area contributed by atoms with Gasteiger partial charge in [0.15, 0.2) is 0 Å². The van der Waals surface area contributed by atoms with Crippen LogP contribution in [0.1, 0.15) is 160 Å². The van der Waals surface area contributed by atoms with Crippen molar-refractivity contribution >= 4 is 85.0 Å². The Kier molecular flexibility index (Phi) is 43.2. The number of nitrogen functional groups attached to an aromatic ring is 2. The molecule has 8 N–H and O–H groups in total. The van der Waals surface area contributed by atoms with E-state index in [1.54, 1.807) is 97.9 Å². The van der Waals surface area contributed by atoms with E-state index in [4.69, 9.17) is 26.0 Å². The number of aliphatic hydroxyl groups excluding tert-OH is 1. The molecule has 7 unspecified atom stereocenters. The van der Waals surface area contributed by atoms with Gasteiger partial charge in [0.1, 0.15) is 35.7 Å². The topological polar surface area (TPSA) is 502 Å². The molecule has 10 aromatic rings. The zero-order valence-corrected chi connectivity index (χ0v) is 81.1. The predicted octanol–water partition coefficient (Wildman–Crippen LogP) is 10.3. The number of nitrogens with one attached hydrogen (secondary N) is 3. The number of halogens is 1. The molecule has 0 saturated carbocycles. The number of carbonyl (C=O) groups excluding carboxylic acids is 3. The molecule has 10 aromatic heterocycles. The van der Waals surface area contributed by atoms with Gasteiger partial charge in [0.25, 0.3) is 0 Å². The molecule has 0 spiro atoms. The predicted molar refractivity (Wildman–Crippen MR) is 503 cm³/mol. The summed E-state index contributed by atoms with van der Waals surface area (Å²) in [4.78, 5) is 92.5. The molecular formula is C86H131BrN31O13Pd-. The third-order valence-electron chi connectivity index (χ3n) is 23.2. The number of β-amino-alcohol motifs (C(OH)–C–C–N with tert-alkyl or cyclic N) is 1. The van der Waals surface area contributed by atoms with Gasteiger partial charge in [-0.05, 0) is 216 Å². The van der Waals surface area contributed by atoms with Gasteiger partial charge in [-0.3, -0.25) is 78.5 Å². The number of H-pyrrole nitrogens is 1. The Morgan fingerprint density at radius 3 is 1.16 bits per heavy atom. The van der Waals surface area contributed by atoms with Crippen molar-refractivity contribution in [3.05, 3.63) is 198 Å². The molecule has 0 bridgehead atoms. The first kappa shape index (κ1) is 109. The van der Waals surface area contributed by atoms with Crippen LogP contribution >= 0.6 is 15.9 Å². The van der Waals surface area contributed by atoms with Crippen LogP contribution in [0.3, 0.4) is 0 Å². The minimum absolute atomic E-state index is 0. The monoisotopic (exact) mass is 1990 g/mol. The van der Waals surface area contributed by atoms with Gasteiger partial charge in [0.05, 0.1) is 181 Å². The number of nitrogens with zero attached hydrogens (tertiary/aromatic N) is 26. The number of nitro groups is 3. The molecule has 46 heteroatoms. The number of aryl methyl sites for hydroxylation is 4. The van der Waals surface area contributed by atoms with Crippen molar-refractivity contribution in [3.63, 3.8) is 0 Å². The normalized spacial score (nSPS) is 19.3. The van der Waals surface area contributed by atoms with Gasteiger partial charge < -0.3 is 83.1 Å². The molecule has 0 aliphatic carbocycles. The standard InChI is InChI=1S/2C16H21N5O2.2C9H14N4O2.2C9H16N4.C7H6BrNO2.C5H11NO.C4H5N3O2.CH4.CH3.Pd/c1-11-14(9-18-21(11)12-5-7-20(2)10-12)19-15-8-17-6-4-13(15)16(22)23-3;1-11-15(10-21(19-11)12-5-7-20(2)9-12)18-14-8-17-6-4-13(14)16(22)23-3;1-7-9(13(14)15)5-10-12(7)8-3-4-11(2)6-8;1-7-9(13(14)15)6-12(10-7)8-3-4-11(2)5-8;1-7-9(10)5-11-13(7)8-3-4-12(2)6-8;1-7-9(10)6-13(11-7)8-3-4-12(2)5-8;1-11-7(10)5-2-3-9-4-6(5)8;1-6-3-2-5(7)4-6;1-3-4(7(8)9)2-5-6-3;;;/h4,6,8-9,12,19H,5,7,10H2,1-3H3;4,6,8,10,12,18H,5,7,9H2,1-3H3;5,8H,3-4,6H2,1-2H3;6,8H,3-5H2,1-2H3;5,8H,3-4,6,10H2,1-2H3;6,8H,3-5,10H2,1-2H3;2-4H,1H3;5,7H,2-4H2,1H3;2H,1H3,(H,5,6);1H4;1H3;/q;;;;;;;;;;-1;. The number of methoxy groups -OCH3 is 3. The van der Waals surface area contributed by atoms with E-state index in [-0.39, 0.29) is 86.3 Å². The van der Waals surface area contributed by atoms with Gasteiger partial charge in [0.2, 0.25) is 0 Å². The first-order chi connectivity index (χ1) is 61.4. The number of likely N-dealkylation sites (tertiary alicyclic amines) is 7. The molecule has 726 valence electrons. The Morgan fingerprint density at radius 2 is 0.811 bits per heavy atom. The number of esters is 3. The van der Waals surface area contributed by atoms with E-state index >= 15 is 0 Å². The van der Waals surface area contributed by atoms with Crippen molar-refractivity contribution in [3.8, 4) is 0 Å². The molecule has 7 saturated heterocycles. The number of aromatic nitrogens is 17. The summed E-state index contributed by atoms with van der Waals surface area (Å²) in [5.74, 6) is -1.14. The molecule has 0 radical (unpaired) electrons. The molecule has 0 amide bonds. The average molecular weight is 1990 g/mol. The maximum absolute atomic E-state index is 11.8. The number of hydrogen-bond acceptors (Lipinski definition) is 34. The van der Waals surface area contributed by atoms with E-state index in [0.29, 0.717) is 73.8 Å². The molecule has 0 aromatic carbocycles. The van der Waals surface area contributed by atoms with Crippen LogP contribution in [0.25, 0.3) is 0 Å². The summed E-state index contributed by atoms with van der Waals surface area (Å²) in [6, 6.07) is 7.25. The average Bonchev–Trinajstić information content (AvgIpc) is 1.67. The molecular weight excluding hydrogens is 1860 g/mol. The first-order valence-corrected chi connectivity index (χ1v) is 43.2. The van der Waals surface area contributed by atoms with Crippen molar-refractivity contribution in [2.45, 2.75) is 143 Å². The molecule has 17 rings (SSSR count). The number of hydrogen-bond donors (Lipinski definition) is 6. The minimum atomic E-state index is -0.473. The van der Waals surface area contributed by atoms with Crippen LogP contribution in [0.2, 0.25) is 0 Å². The zero-order valence-electron chi connectivity index (χ0n) is 78.0. The second-order valence-electron chi connectivity index (χ2n) is 33.1. The van der Waals surface area contributed by atoms with Crippen LogP contribution in [-0.2, 0) is 34.6 Å². The fraction of sp³-hybridized carbons (Fsp3) is 0.535. The number of nitrogens with two attached hydrogens (primary N) is 2. The van der Waals surface area contributed by atoms with Gasteiger partial charge in [-0.2, -0.15) is 35.7 Å². The van der Waals surface area contributed by atoms with Gasteiger partial charge in [-0.1, -0.05) is 7.43 Å². The number of aliphatic hydroxyl groups is 1. The van der Waals surface area contributed by atoms with Crippen molar-refractivity contribution < 1.29 is 68.9 Å². The second-order valence-corrected chi connectivity index (χ2v) is 34.0. The molecule has 44 nitrogen and oxygen atoms in total. The van der Waals surface area contributed by atoms with Crippen molar-refractivity contribution in [1.29, 1.82) is 0 Å². The number of anilines is 6. The van der Waals surface area contributed by atoms with Gasteiger partial charge in [0, 0.05) is 110 Å². The largest absolute Gasteiger partial charge is 0.465 e. The van der Waals surface area contributed by atoms with E-state index in [0.717, 1.165) is 169 Å². The number of aromatic amines is 1. The Bertz CT molecular complexity index is 5240. The Morgan fingerprint density at radius 1 is 0.439 bits per heavy atom. The van der Waals surface area contributed by atoms with Crippen LogP contribution in [0, 0.1) is 86.2 Å². The third-order valence-corrected chi connectivity index (χ3v) is 23.8. The van der Waals surface area contributed by atoms with Crippen LogP contribution in [-0.4, -0.2) is 324 Å². The SMILES string of the molecule is C.CN1CCC(O)C1.COC(=O)c1ccncc1Br.COC(=O)c1ccncc1Nc1cn(C2CCN(C)C2)nc1C.COC(=O)c1ccncc1Nc1cnn(C2CCN(C)C2)c1C.Cc1[nH]ncc1[N+](=O)[O-].Cc1c(N)cnn1C1CCN(C)C1.Cc1c([N+](=O)[O-])cnn1C1CCN(C)C1.Cc1nn(C2CCN(C)C2)cc1N.Cc1nn(C2CCN(C)C2)cc1[N+](=O)[O-].[CH3-].[Pd]. The number of carbonyl (C=O) groups is 3. The van der Waals surface area contributed by atoms with Crippen molar-refractivity contribution in [2.24, 2.45) is 0 Å². The summed E-state index contributed by atoms with van der Waals surface area (Å²) in [5.41, 5.74) is 23.3. The van der Waals surface area contributed by atoms with Crippen LogP contribution in [0.4, 0.5) is 51.2 Å². The van der Waals surface area contributed by atoms with Gasteiger partial charge in [-0.15, -0.1) is 0 Å². The molecule has 7 aliphatic heterocycles. The molecule has 7 aliphatic rings. The van der Waals surface area contributed by atoms with Gasteiger partial charge in [-0.25, -0.2) is 14.4 Å². The maximum Gasteiger partial charge on any atom is 0.340 e. The van der Waals surface area contributed by atoms with E-state index in [1.807, 2.05) is 70.6 Å². The third kappa shape index (κ3) is 30.6. The minimum Gasteiger partial charge on any atom is -0.465 e. The molecule has 7 atom stereocenters. The fourth-order valence-electron chi connectivity index (χ4n) is 15.7.